The van der Waals surface area contributed by atoms with E-state index in [1.165, 1.54) is 21.9 Å². The van der Waals surface area contributed by atoms with Gasteiger partial charge in [0.2, 0.25) is 15.9 Å². The van der Waals surface area contributed by atoms with Crippen molar-refractivity contribution in [2.45, 2.75) is 26.2 Å². The van der Waals surface area contributed by atoms with Gasteiger partial charge in [0.15, 0.2) is 5.13 Å². The predicted octanol–water partition coefficient (Wildman–Crippen LogP) is 3.31. The standard InChI is InChI=1S/C18H22ClN3O3S2/c1-12-4-3-5-14(16(12)19)10-15-11-20-18(26-15)21-17(23)13-6-8-22(9-7-13)27(2,24)25/h3-5,11,13H,6-10H2,1-2H3,(H,20,21,23). The van der Waals surface area contributed by atoms with Crippen molar-refractivity contribution >= 4 is 44.0 Å². The van der Waals surface area contributed by atoms with Crippen LogP contribution in [0, 0.1) is 12.8 Å². The van der Waals surface area contributed by atoms with E-state index in [-0.39, 0.29) is 11.8 Å². The molecule has 1 aromatic carbocycles. The van der Waals surface area contributed by atoms with E-state index in [0.29, 0.717) is 37.5 Å². The van der Waals surface area contributed by atoms with Crippen molar-refractivity contribution in [1.82, 2.24) is 9.29 Å². The Balaban J connectivity index is 1.58. The summed E-state index contributed by atoms with van der Waals surface area (Å²) < 4.78 is 24.5. The number of hydrogen-bond acceptors (Lipinski definition) is 5. The predicted molar refractivity (Wildman–Crippen MR) is 109 cm³/mol. The molecule has 6 nitrogen and oxygen atoms in total. The molecule has 0 unspecified atom stereocenters. The summed E-state index contributed by atoms with van der Waals surface area (Å²) in [6.45, 7) is 2.73. The first-order valence-corrected chi connectivity index (χ1v) is 11.7. The molecule has 1 aliphatic heterocycles. The van der Waals surface area contributed by atoms with E-state index in [1.807, 2.05) is 25.1 Å². The molecular formula is C18H22ClN3O3S2. The summed E-state index contributed by atoms with van der Waals surface area (Å²) in [4.78, 5) is 17.8. The van der Waals surface area contributed by atoms with Crippen molar-refractivity contribution in [3.8, 4) is 0 Å². The third-order valence-corrected chi connectivity index (χ3v) is 7.47. The van der Waals surface area contributed by atoms with Gasteiger partial charge in [0, 0.05) is 41.5 Å². The molecule has 146 valence electrons. The summed E-state index contributed by atoms with van der Waals surface area (Å²) >= 11 is 7.78. The number of carbonyl (C=O) groups is 1. The molecule has 0 spiro atoms. The smallest absolute Gasteiger partial charge is 0.229 e. The molecule has 0 bridgehead atoms. The Labute approximate surface area is 168 Å². The third kappa shape index (κ3) is 5.07. The summed E-state index contributed by atoms with van der Waals surface area (Å²) in [6.07, 6.45) is 4.67. The van der Waals surface area contributed by atoms with Crippen LogP contribution in [0.5, 0.6) is 0 Å². The number of carbonyl (C=O) groups excluding carboxylic acids is 1. The molecule has 0 aliphatic carbocycles. The van der Waals surface area contributed by atoms with Crippen molar-refractivity contribution in [2.24, 2.45) is 5.92 Å². The van der Waals surface area contributed by atoms with Gasteiger partial charge in [-0.25, -0.2) is 17.7 Å². The van der Waals surface area contributed by atoms with Crippen LogP contribution in [0.25, 0.3) is 0 Å². The Kier molecular flexibility index (Phi) is 6.20. The Hall–Kier alpha value is -1.48. The second kappa shape index (κ2) is 8.26. The van der Waals surface area contributed by atoms with E-state index in [0.717, 1.165) is 21.0 Å². The zero-order valence-corrected chi connectivity index (χ0v) is 17.6. The van der Waals surface area contributed by atoms with Gasteiger partial charge in [0.25, 0.3) is 0 Å². The zero-order chi connectivity index (χ0) is 19.6. The average Bonchev–Trinajstić information content (AvgIpc) is 3.05. The first-order valence-electron chi connectivity index (χ1n) is 8.68. The van der Waals surface area contributed by atoms with Crippen LogP contribution in [0.4, 0.5) is 5.13 Å². The summed E-state index contributed by atoms with van der Waals surface area (Å²) in [5.74, 6) is -0.292. The van der Waals surface area contributed by atoms with Gasteiger partial charge in [0.1, 0.15) is 0 Å². The van der Waals surface area contributed by atoms with Crippen molar-refractivity contribution in [3.05, 3.63) is 45.4 Å². The van der Waals surface area contributed by atoms with Crippen molar-refractivity contribution < 1.29 is 13.2 Å². The second-order valence-electron chi connectivity index (χ2n) is 6.78. The number of thiazole rings is 1. The molecule has 0 saturated carbocycles. The minimum absolute atomic E-state index is 0.0994. The number of amides is 1. The number of benzene rings is 1. The maximum Gasteiger partial charge on any atom is 0.229 e. The molecule has 1 aromatic heterocycles. The van der Waals surface area contributed by atoms with Crippen LogP contribution in [0.2, 0.25) is 5.02 Å². The highest BCUT2D eigenvalue weighted by molar-refractivity contribution is 7.88. The van der Waals surface area contributed by atoms with Gasteiger partial charge >= 0.3 is 0 Å². The fourth-order valence-corrected chi connectivity index (χ4v) is 5.04. The van der Waals surface area contributed by atoms with Crippen molar-refractivity contribution in [2.75, 3.05) is 24.7 Å². The Morgan fingerprint density at radius 3 is 2.74 bits per heavy atom. The Morgan fingerprint density at radius 2 is 2.07 bits per heavy atom. The molecule has 2 heterocycles. The lowest BCUT2D eigenvalue weighted by Crippen LogP contribution is -2.40. The van der Waals surface area contributed by atoms with Crippen LogP contribution in [0.1, 0.15) is 28.8 Å². The lowest BCUT2D eigenvalue weighted by Gasteiger charge is -2.29. The molecule has 2 aromatic rings. The van der Waals surface area contributed by atoms with Gasteiger partial charge in [-0.1, -0.05) is 29.8 Å². The number of piperidine rings is 1. The van der Waals surface area contributed by atoms with Crippen LogP contribution in [0.15, 0.2) is 24.4 Å². The number of halogens is 1. The van der Waals surface area contributed by atoms with Gasteiger partial charge in [-0.2, -0.15) is 0 Å². The maximum atomic E-state index is 12.5. The van der Waals surface area contributed by atoms with E-state index in [4.69, 9.17) is 11.6 Å². The SMILES string of the molecule is Cc1cccc(Cc2cnc(NC(=O)C3CCN(S(C)(=O)=O)CC3)s2)c1Cl. The first kappa shape index (κ1) is 20.3. The number of nitrogens with zero attached hydrogens (tertiary/aromatic N) is 2. The number of nitrogens with one attached hydrogen (secondary N) is 1. The molecule has 1 N–H and O–H groups in total. The molecule has 1 fully saturated rings. The molecule has 0 radical (unpaired) electrons. The Morgan fingerprint density at radius 1 is 1.37 bits per heavy atom. The lowest BCUT2D eigenvalue weighted by molar-refractivity contribution is -0.120. The minimum Gasteiger partial charge on any atom is -0.302 e. The third-order valence-electron chi connectivity index (χ3n) is 4.71. The van der Waals surface area contributed by atoms with Crippen LogP contribution < -0.4 is 5.32 Å². The topological polar surface area (TPSA) is 79.4 Å². The number of aryl methyl sites for hydroxylation is 1. The van der Waals surface area contributed by atoms with Crippen LogP contribution in [-0.4, -0.2) is 43.0 Å². The fourth-order valence-electron chi connectivity index (χ4n) is 3.14. The van der Waals surface area contributed by atoms with Crippen LogP contribution in [-0.2, 0) is 21.2 Å². The fraction of sp³-hybridized carbons (Fsp3) is 0.444. The number of aromatic nitrogens is 1. The molecule has 9 heteroatoms. The molecule has 27 heavy (non-hydrogen) atoms. The highest BCUT2D eigenvalue weighted by Gasteiger charge is 2.29. The summed E-state index contributed by atoms with van der Waals surface area (Å²) in [6, 6.07) is 5.94. The largest absolute Gasteiger partial charge is 0.302 e. The Bertz CT molecular complexity index is 935. The van der Waals surface area contributed by atoms with Gasteiger partial charge in [0.05, 0.1) is 6.26 Å². The summed E-state index contributed by atoms with van der Waals surface area (Å²) in [7, 11) is -3.19. The average molecular weight is 428 g/mol. The number of hydrogen-bond donors (Lipinski definition) is 1. The summed E-state index contributed by atoms with van der Waals surface area (Å²) in [5, 5.41) is 4.18. The van der Waals surface area contributed by atoms with Gasteiger partial charge in [-0.3, -0.25) is 4.79 Å². The maximum absolute atomic E-state index is 12.5. The van der Waals surface area contributed by atoms with Crippen molar-refractivity contribution in [1.29, 1.82) is 0 Å². The second-order valence-corrected chi connectivity index (χ2v) is 10.3. The van der Waals surface area contributed by atoms with E-state index >= 15 is 0 Å². The molecule has 3 rings (SSSR count). The minimum atomic E-state index is -3.19. The van der Waals surface area contributed by atoms with Gasteiger partial charge < -0.3 is 5.32 Å². The molecule has 1 aliphatic rings. The van der Waals surface area contributed by atoms with E-state index in [1.54, 1.807) is 6.20 Å². The molecule has 1 saturated heterocycles. The zero-order valence-electron chi connectivity index (χ0n) is 15.2. The highest BCUT2D eigenvalue weighted by Crippen LogP contribution is 2.27. The number of sulfonamides is 1. The van der Waals surface area contributed by atoms with E-state index < -0.39 is 10.0 Å². The summed E-state index contributed by atoms with van der Waals surface area (Å²) in [5.41, 5.74) is 2.07. The van der Waals surface area contributed by atoms with E-state index in [9.17, 15) is 13.2 Å². The normalized spacial score (nSPS) is 16.4. The molecule has 0 atom stereocenters. The first-order chi connectivity index (χ1) is 12.7. The van der Waals surface area contributed by atoms with Crippen LogP contribution >= 0.6 is 22.9 Å². The number of anilines is 1. The molecular weight excluding hydrogens is 406 g/mol. The quantitative estimate of drug-likeness (QED) is 0.793. The molecule has 1 amide bonds. The monoisotopic (exact) mass is 427 g/mol. The van der Waals surface area contributed by atoms with E-state index in [2.05, 4.69) is 10.3 Å². The highest BCUT2D eigenvalue weighted by atomic mass is 35.5. The van der Waals surface area contributed by atoms with Crippen LogP contribution in [0.3, 0.4) is 0 Å². The lowest BCUT2D eigenvalue weighted by atomic mass is 9.97. The van der Waals surface area contributed by atoms with Gasteiger partial charge in [-0.15, -0.1) is 11.3 Å². The van der Waals surface area contributed by atoms with Gasteiger partial charge in [-0.05, 0) is 30.9 Å². The van der Waals surface area contributed by atoms with Crippen molar-refractivity contribution in [3.63, 3.8) is 0 Å². The number of rotatable bonds is 5.